The van der Waals surface area contributed by atoms with Crippen molar-refractivity contribution in [3.8, 4) is 0 Å². The fourth-order valence-corrected chi connectivity index (χ4v) is 1.72. The molecule has 0 radical (unpaired) electrons. The van der Waals surface area contributed by atoms with Crippen LogP contribution in [0.4, 0.5) is 11.4 Å². The molecule has 1 saturated carbocycles. The van der Waals surface area contributed by atoms with E-state index in [0.29, 0.717) is 6.04 Å². The zero-order valence-corrected chi connectivity index (χ0v) is 10.2. The van der Waals surface area contributed by atoms with Crippen molar-refractivity contribution < 1.29 is 9.72 Å². The van der Waals surface area contributed by atoms with Gasteiger partial charge in [0.2, 0.25) is 5.91 Å². The highest BCUT2D eigenvalue weighted by molar-refractivity contribution is 6.35. The number of anilines is 1. The third-order valence-electron chi connectivity index (χ3n) is 2.58. The Kier molecular flexibility index (Phi) is 3.78. The molecule has 1 amide bonds. The number of hydrogen-bond acceptors (Lipinski definition) is 4. The summed E-state index contributed by atoms with van der Waals surface area (Å²) in [5, 5.41) is 16.2. The number of hydrogen-bond donors (Lipinski definition) is 2. The van der Waals surface area contributed by atoms with Gasteiger partial charge in [-0.3, -0.25) is 14.9 Å². The topological polar surface area (TPSA) is 84.3 Å². The van der Waals surface area contributed by atoms with E-state index in [1.165, 1.54) is 18.2 Å². The van der Waals surface area contributed by atoms with Gasteiger partial charge in [0, 0.05) is 12.1 Å². The van der Waals surface area contributed by atoms with Crippen LogP contribution in [-0.4, -0.2) is 23.4 Å². The second-order valence-electron chi connectivity index (χ2n) is 4.10. The highest BCUT2D eigenvalue weighted by atomic mass is 35.5. The minimum absolute atomic E-state index is 0.0535. The smallest absolute Gasteiger partial charge is 0.290 e. The van der Waals surface area contributed by atoms with E-state index in [1.807, 2.05) is 0 Å². The number of carbonyl (C=O) groups is 1. The molecule has 1 aliphatic carbocycles. The van der Waals surface area contributed by atoms with Gasteiger partial charge in [0.15, 0.2) is 0 Å². The van der Waals surface area contributed by atoms with Crippen LogP contribution in [0.2, 0.25) is 5.02 Å². The van der Waals surface area contributed by atoms with E-state index in [4.69, 9.17) is 11.6 Å². The maximum atomic E-state index is 11.6. The van der Waals surface area contributed by atoms with E-state index >= 15 is 0 Å². The number of nitrogens with one attached hydrogen (secondary N) is 2. The van der Waals surface area contributed by atoms with Gasteiger partial charge >= 0.3 is 0 Å². The molecule has 0 aliphatic heterocycles. The lowest BCUT2D eigenvalue weighted by molar-refractivity contribution is -0.384. The molecule has 2 N–H and O–H groups in total. The number of halogens is 1. The predicted molar refractivity (Wildman–Crippen MR) is 67.8 cm³/mol. The molecular formula is C11H12ClN3O3. The number of nitro benzene ring substituents is 1. The van der Waals surface area contributed by atoms with Crippen LogP contribution in [0.3, 0.4) is 0 Å². The van der Waals surface area contributed by atoms with Gasteiger partial charge < -0.3 is 10.6 Å². The molecule has 0 bridgehead atoms. The molecule has 0 atom stereocenters. The van der Waals surface area contributed by atoms with Gasteiger partial charge in [-0.15, -0.1) is 0 Å². The molecule has 0 heterocycles. The Morgan fingerprint density at radius 2 is 2.22 bits per heavy atom. The lowest BCUT2D eigenvalue weighted by Gasteiger charge is -2.07. The first kappa shape index (κ1) is 12.8. The quantitative estimate of drug-likeness (QED) is 0.632. The standard InChI is InChI=1S/C11H12ClN3O3/c12-11-8(2-1-3-9(11)15(17)18)14-10(16)6-13-7-4-5-7/h1-3,7,13H,4-6H2,(H,14,16). The van der Waals surface area contributed by atoms with Crippen LogP contribution in [0.25, 0.3) is 0 Å². The number of carbonyl (C=O) groups excluding carboxylic acids is 1. The van der Waals surface area contributed by atoms with E-state index in [0.717, 1.165) is 12.8 Å². The predicted octanol–water partition coefficient (Wildman–Crippen LogP) is 1.94. The van der Waals surface area contributed by atoms with Gasteiger partial charge in [0.1, 0.15) is 5.02 Å². The average Bonchev–Trinajstić information content (AvgIpc) is 3.13. The van der Waals surface area contributed by atoms with Crippen LogP contribution >= 0.6 is 11.6 Å². The summed E-state index contributed by atoms with van der Waals surface area (Å²) in [5.74, 6) is -0.260. The molecule has 6 nitrogen and oxygen atoms in total. The summed E-state index contributed by atoms with van der Waals surface area (Å²) in [6, 6.07) is 4.73. The molecule has 0 unspecified atom stereocenters. The SMILES string of the molecule is O=C(CNC1CC1)Nc1cccc([N+](=O)[O-])c1Cl. The zero-order chi connectivity index (χ0) is 13.1. The summed E-state index contributed by atoms with van der Waals surface area (Å²) in [4.78, 5) is 21.7. The monoisotopic (exact) mass is 269 g/mol. The Bertz CT molecular complexity index is 488. The summed E-state index contributed by atoms with van der Waals surface area (Å²) in [7, 11) is 0. The summed E-state index contributed by atoms with van der Waals surface area (Å²) >= 11 is 5.85. The minimum atomic E-state index is -0.583. The molecule has 0 spiro atoms. The second-order valence-corrected chi connectivity index (χ2v) is 4.48. The Morgan fingerprint density at radius 3 is 2.83 bits per heavy atom. The Balaban J connectivity index is 2.01. The molecule has 1 aromatic carbocycles. The van der Waals surface area contributed by atoms with Gasteiger partial charge in [-0.05, 0) is 18.9 Å². The fraction of sp³-hybridized carbons (Fsp3) is 0.364. The van der Waals surface area contributed by atoms with Crippen LogP contribution in [0.1, 0.15) is 12.8 Å². The first-order valence-electron chi connectivity index (χ1n) is 5.54. The molecule has 96 valence electrons. The Morgan fingerprint density at radius 1 is 1.50 bits per heavy atom. The minimum Gasteiger partial charge on any atom is -0.323 e. The number of rotatable bonds is 5. The largest absolute Gasteiger partial charge is 0.323 e. The number of benzene rings is 1. The number of nitrogens with zero attached hydrogens (tertiary/aromatic N) is 1. The second kappa shape index (κ2) is 5.32. The van der Waals surface area contributed by atoms with Gasteiger partial charge in [-0.1, -0.05) is 17.7 Å². The van der Waals surface area contributed by atoms with Crippen molar-refractivity contribution in [3.63, 3.8) is 0 Å². The van der Waals surface area contributed by atoms with Crippen molar-refractivity contribution in [2.45, 2.75) is 18.9 Å². The van der Waals surface area contributed by atoms with Gasteiger partial charge in [-0.2, -0.15) is 0 Å². The number of nitro groups is 1. The summed E-state index contributed by atoms with van der Waals surface area (Å²) in [5.41, 5.74) is 0.0399. The molecule has 1 aromatic rings. The summed E-state index contributed by atoms with van der Waals surface area (Å²) < 4.78 is 0. The lowest BCUT2D eigenvalue weighted by Crippen LogP contribution is -2.29. The van der Waals surface area contributed by atoms with Crippen molar-refractivity contribution in [1.29, 1.82) is 0 Å². The fourth-order valence-electron chi connectivity index (χ4n) is 1.48. The highest BCUT2D eigenvalue weighted by Crippen LogP contribution is 2.31. The third-order valence-corrected chi connectivity index (χ3v) is 2.97. The van der Waals surface area contributed by atoms with Gasteiger partial charge in [-0.25, -0.2) is 0 Å². The van der Waals surface area contributed by atoms with Crippen molar-refractivity contribution in [3.05, 3.63) is 33.3 Å². The molecule has 18 heavy (non-hydrogen) atoms. The van der Waals surface area contributed by atoms with Crippen molar-refractivity contribution in [2.75, 3.05) is 11.9 Å². The first-order valence-corrected chi connectivity index (χ1v) is 5.92. The molecule has 0 saturated heterocycles. The van der Waals surface area contributed by atoms with Crippen molar-refractivity contribution in [2.24, 2.45) is 0 Å². The van der Waals surface area contributed by atoms with Crippen LogP contribution in [0, 0.1) is 10.1 Å². The maximum absolute atomic E-state index is 11.6. The van der Waals surface area contributed by atoms with Crippen molar-refractivity contribution in [1.82, 2.24) is 5.32 Å². The van der Waals surface area contributed by atoms with Crippen LogP contribution in [0.5, 0.6) is 0 Å². The molecule has 7 heteroatoms. The van der Waals surface area contributed by atoms with Gasteiger partial charge in [0.05, 0.1) is 17.2 Å². The van der Waals surface area contributed by atoms with Crippen molar-refractivity contribution >= 4 is 28.9 Å². The number of amides is 1. The van der Waals surface area contributed by atoms with E-state index in [-0.39, 0.29) is 28.8 Å². The Labute approximate surface area is 108 Å². The molecule has 1 fully saturated rings. The van der Waals surface area contributed by atoms with Crippen LogP contribution in [0.15, 0.2) is 18.2 Å². The summed E-state index contributed by atoms with van der Waals surface area (Å²) in [6.45, 7) is 0.184. The Hall–Kier alpha value is -1.66. The van der Waals surface area contributed by atoms with E-state index in [2.05, 4.69) is 10.6 Å². The lowest BCUT2D eigenvalue weighted by atomic mass is 10.2. The normalized spacial score (nSPS) is 14.3. The van der Waals surface area contributed by atoms with Crippen LogP contribution in [-0.2, 0) is 4.79 Å². The molecule has 0 aromatic heterocycles. The summed E-state index contributed by atoms with van der Waals surface area (Å²) in [6.07, 6.45) is 2.18. The molecule has 1 aliphatic rings. The van der Waals surface area contributed by atoms with Crippen LogP contribution < -0.4 is 10.6 Å². The molecular weight excluding hydrogens is 258 g/mol. The van der Waals surface area contributed by atoms with E-state index in [9.17, 15) is 14.9 Å². The first-order chi connectivity index (χ1) is 8.58. The third kappa shape index (κ3) is 3.18. The molecule has 2 rings (SSSR count). The highest BCUT2D eigenvalue weighted by Gasteiger charge is 2.22. The average molecular weight is 270 g/mol. The van der Waals surface area contributed by atoms with Gasteiger partial charge in [0.25, 0.3) is 5.69 Å². The zero-order valence-electron chi connectivity index (χ0n) is 9.48. The maximum Gasteiger partial charge on any atom is 0.290 e. The van der Waals surface area contributed by atoms with E-state index < -0.39 is 4.92 Å². The van der Waals surface area contributed by atoms with E-state index in [1.54, 1.807) is 0 Å².